The predicted molar refractivity (Wildman–Crippen MR) is 212 cm³/mol. The Morgan fingerprint density at radius 2 is 1.54 bits per heavy atom. The minimum atomic E-state index is -1.27. The van der Waals surface area contributed by atoms with Gasteiger partial charge in [-0.25, -0.2) is 9.59 Å². The first-order valence-corrected chi connectivity index (χ1v) is 19.9. The van der Waals surface area contributed by atoms with Crippen LogP contribution in [0.15, 0.2) is 48.5 Å². The van der Waals surface area contributed by atoms with Gasteiger partial charge in [0.25, 0.3) is 0 Å². The number of carbonyl (C=O) groups excluding carboxylic acids is 5. The summed E-state index contributed by atoms with van der Waals surface area (Å²) < 4.78 is 16.5. The molecule has 0 bridgehead atoms. The summed E-state index contributed by atoms with van der Waals surface area (Å²) in [5.74, 6) is -4.78. The standard InChI is InChI=1S/C43H61N3O10/c1-6-7-12-30-14-16-31(17-15-30)32-18-20-33(21-19-32)37(47)26-34(13-8-9-22-44-42(53)56-43(3,4)5)40(50)45-35-27-54-23-10-11-24-55-28-36(41(51)52)46-39(49)29(2)25-38(35)48/h14-21,29,34-36H,6-13,22-28H2,1-5H3,(H,44,53)(H,45,50)(H,46,49)(H,51,52)/t29-,34-,35+,36+/m1/s1. The van der Waals surface area contributed by atoms with E-state index in [9.17, 15) is 33.9 Å². The molecule has 56 heavy (non-hydrogen) atoms. The summed E-state index contributed by atoms with van der Waals surface area (Å²) in [5.41, 5.74) is 3.09. The third-order valence-corrected chi connectivity index (χ3v) is 9.43. The lowest BCUT2D eigenvalue weighted by Crippen LogP contribution is -2.49. The zero-order valence-corrected chi connectivity index (χ0v) is 33.7. The minimum absolute atomic E-state index is 0.117. The number of carboxylic acids is 1. The van der Waals surface area contributed by atoms with Crippen molar-refractivity contribution in [2.45, 2.75) is 117 Å². The highest BCUT2D eigenvalue weighted by atomic mass is 16.6. The molecule has 0 aliphatic carbocycles. The molecule has 4 N–H and O–H groups in total. The van der Waals surface area contributed by atoms with Crippen LogP contribution in [-0.2, 0) is 39.8 Å². The van der Waals surface area contributed by atoms with Gasteiger partial charge in [0.15, 0.2) is 17.6 Å². The van der Waals surface area contributed by atoms with Gasteiger partial charge in [0.05, 0.1) is 13.2 Å². The molecule has 3 amide bonds. The molecule has 4 atom stereocenters. The number of ketones is 2. The van der Waals surface area contributed by atoms with E-state index in [0.29, 0.717) is 44.2 Å². The number of amides is 3. The first kappa shape index (κ1) is 45.8. The monoisotopic (exact) mass is 779 g/mol. The Hall–Kier alpha value is -4.62. The second-order valence-corrected chi connectivity index (χ2v) is 15.5. The van der Waals surface area contributed by atoms with E-state index in [4.69, 9.17) is 14.2 Å². The summed E-state index contributed by atoms with van der Waals surface area (Å²) in [6, 6.07) is 13.3. The molecule has 0 unspecified atom stereocenters. The number of rotatable bonds is 15. The fraction of sp³-hybridized carbons (Fsp3) is 0.581. The van der Waals surface area contributed by atoms with E-state index in [1.54, 1.807) is 32.9 Å². The third-order valence-electron chi connectivity index (χ3n) is 9.43. The molecular weight excluding hydrogens is 718 g/mol. The number of benzene rings is 2. The van der Waals surface area contributed by atoms with Crippen molar-refractivity contribution in [2.24, 2.45) is 11.8 Å². The van der Waals surface area contributed by atoms with Crippen molar-refractivity contribution < 1.29 is 48.1 Å². The number of unbranched alkanes of at least 4 members (excludes halogenated alkanes) is 2. The molecule has 0 spiro atoms. The smallest absolute Gasteiger partial charge is 0.407 e. The molecule has 1 fully saturated rings. The van der Waals surface area contributed by atoms with Gasteiger partial charge in [0.2, 0.25) is 11.8 Å². The van der Waals surface area contributed by atoms with E-state index >= 15 is 0 Å². The minimum Gasteiger partial charge on any atom is -0.480 e. The van der Waals surface area contributed by atoms with Crippen LogP contribution in [0.25, 0.3) is 11.1 Å². The quantitative estimate of drug-likeness (QED) is 0.122. The molecule has 308 valence electrons. The van der Waals surface area contributed by atoms with Gasteiger partial charge in [-0.2, -0.15) is 0 Å². The molecule has 0 saturated carbocycles. The number of Topliss-reactive ketones (excluding diaryl/α,β-unsaturated/α-hetero) is 2. The van der Waals surface area contributed by atoms with Crippen LogP contribution < -0.4 is 16.0 Å². The number of carboxylic acid groups (broad SMARTS) is 1. The van der Waals surface area contributed by atoms with Crippen LogP contribution >= 0.6 is 0 Å². The summed E-state index contributed by atoms with van der Waals surface area (Å²) in [6.45, 7) is 9.47. The Balaban J connectivity index is 1.74. The number of aryl methyl sites for hydroxylation is 1. The lowest BCUT2D eigenvalue weighted by molar-refractivity contribution is -0.144. The summed E-state index contributed by atoms with van der Waals surface area (Å²) in [5, 5.41) is 17.5. The number of hydrogen-bond donors (Lipinski definition) is 4. The SMILES string of the molecule is CCCCc1ccc(-c2ccc(C(=O)C[C@@H](CCCCNC(=O)OC(C)(C)C)C(=O)N[C@H]3COCCCCOC[C@@H](C(=O)O)NC(=O)[C@H](C)CC3=O)cc2)cc1. The van der Waals surface area contributed by atoms with Gasteiger partial charge < -0.3 is 35.3 Å². The number of hydrogen-bond acceptors (Lipinski definition) is 9. The predicted octanol–water partition coefficient (Wildman–Crippen LogP) is 6.06. The van der Waals surface area contributed by atoms with Crippen molar-refractivity contribution in [1.29, 1.82) is 0 Å². The third kappa shape index (κ3) is 16.6. The molecule has 1 aliphatic heterocycles. The highest BCUT2D eigenvalue weighted by molar-refractivity contribution is 6.00. The van der Waals surface area contributed by atoms with Gasteiger partial charge in [0.1, 0.15) is 11.6 Å². The maximum atomic E-state index is 13.9. The van der Waals surface area contributed by atoms with Crippen molar-refractivity contribution in [3.63, 3.8) is 0 Å². The van der Waals surface area contributed by atoms with Crippen molar-refractivity contribution in [1.82, 2.24) is 16.0 Å². The van der Waals surface area contributed by atoms with Crippen LogP contribution in [0.3, 0.4) is 0 Å². The van der Waals surface area contributed by atoms with Crippen molar-refractivity contribution >= 4 is 35.4 Å². The zero-order chi connectivity index (χ0) is 41.1. The highest BCUT2D eigenvalue weighted by Crippen LogP contribution is 2.23. The van der Waals surface area contributed by atoms with Gasteiger partial charge in [0, 0.05) is 50.0 Å². The maximum absolute atomic E-state index is 13.9. The molecular formula is C43H61N3O10. The van der Waals surface area contributed by atoms with E-state index in [1.165, 1.54) is 12.5 Å². The second kappa shape index (κ2) is 23.4. The van der Waals surface area contributed by atoms with Crippen LogP contribution in [0.2, 0.25) is 0 Å². The Kier molecular flexibility index (Phi) is 19.2. The summed E-state index contributed by atoms with van der Waals surface area (Å²) in [4.78, 5) is 77.9. The van der Waals surface area contributed by atoms with Crippen molar-refractivity contribution in [3.05, 3.63) is 59.7 Å². The largest absolute Gasteiger partial charge is 0.480 e. The fourth-order valence-electron chi connectivity index (χ4n) is 6.12. The average Bonchev–Trinajstić information content (AvgIpc) is 3.15. The first-order valence-electron chi connectivity index (χ1n) is 19.9. The van der Waals surface area contributed by atoms with Gasteiger partial charge in [-0.15, -0.1) is 0 Å². The zero-order valence-electron chi connectivity index (χ0n) is 33.7. The van der Waals surface area contributed by atoms with Gasteiger partial charge in [-0.1, -0.05) is 75.2 Å². The van der Waals surface area contributed by atoms with Crippen molar-refractivity contribution in [2.75, 3.05) is 33.0 Å². The average molecular weight is 780 g/mol. The molecule has 0 radical (unpaired) electrons. The number of alkyl carbamates (subject to hydrolysis) is 1. The van der Waals surface area contributed by atoms with E-state index in [0.717, 1.165) is 30.4 Å². The number of ether oxygens (including phenoxy) is 3. The van der Waals surface area contributed by atoms with Crippen LogP contribution in [0.5, 0.6) is 0 Å². The molecule has 1 saturated heterocycles. The highest BCUT2D eigenvalue weighted by Gasteiger charge is 2.31. The molecule has 2 aromatic rings. The molecule has 3 rings (SSSR count). The van der Waals surface area contributed by atoms with E-state index in [1.807, 2.05) is 12.1 Å². The van der Waals surface area contributed by atoms with Crippen LogP contribution in [0.1, 0.15) is 108 Å². The lowest BCUT2D eigenvalue weighted by atomic mass is 9.91. The van der Waals surface area contributed by atoms with Crippen LogP contribution in [-0.4, -0.2) is 91.2 Å². The summed E-state index contributed by atoms with van der Waals surface area (Å²) in [6.07, 6.45) is 4.78. The van der Waals surface area contributed by atoms with Crippen LogP contribution in [0.4, 0.5) is 4.79 Å². The molecule has 1 heterocycles. The van der Waals surface area contributed by atoms with E-state index in [-0.39, 0.29) is 45.1 Å². The number of nitrogens with one attached hydrogen (secondary N) is 3. The number of aliphatic carboxylic acids is 1. The molecule has 0 aromatic heterocycles. The number of carbonyl (C=O) groups is 6. The molecule has 1 aliphatic rings. The molecule has 13 heteroatoms. The van der Waals surface area contributed by atoms with Gasteiger partial charge in [-0.05, 0) is 76.0 Å². The van der Waals surface area contributed by atoms with Gasteiger partial charge in [-0.3, -0.25) is 19.2 Å². The van der Waals surface area contributed by atoms with Crippen molar-refractivity contribution in [3.8, 4) is 11.1 Å². The molecule has 13 nitrogen and oxygen atoms in total. The molecule has 2 aromatic carbocycles. The van der Waals surface area contributed by atoms with Gasteiger partial charge >= 0.3 is 12.1 Å². The fourth-order valence-corrected chi connectivity index (χ4v) is 6.12. The Bertz CT molecular complexity index is 1590. The van der Waals surface area contributed by atoms with Crippen LogP contribution in [0, 0.1) is 11.8 Å². The normalized spacial score (nSPS) is 19.4. The van der Waals surface area contributed by atoms with E-state index < -0.39 is 59.2 Å². The lowest BCUT2D eigenvalue weighted by Gasteiger charge is -2.23. The Morgan fingerprint density at radius 3 is 2.14 bits per heavy atom. The van der Waals surface area contributed by atoms with E-state index in [2.05, 4.69) is 47.1 Å². The second-order valence-electron chi connectivity index (χ2n) is 15.5. The first-order chi connectivity index (χ1) is 26.7. The summed E-state index contributed by atoms with van der Waals surface area (Å²) in [7, 11) is 0. The maximum Gasteiger partial charge on any atom is 0.407 e. The Morgan fingerprint density at radius 1 is 0.911 bits per heavy atom. The summed E-state index contributed by atoms with van der Waals surface area (Å²) >= 11 is 0. The topological polar surface area (TPSA) is 186 Å². The Labute approximate surface area is 331 Å².